The molecular formula is C46H52O26. The summed E-state index contributed by atoms with van der Waals surface area (Å²) in [5, 5.41) is 148. The third-order valence-corrected chi connectivity index (χ3v) is 12.2. The summed E-state index contributed by atoms with van der Waals surface area (Å²) in [6, 6.07) is 12.3. The van der Waals surface area contributed by atoms with Gasteiger partial charge in [-0.25, -0.2) is 4.79 Å². The molecule has 3 aromatic carbocycles. The van der Waals surface area contributed by atoms with Crippen LogP contribution >= 0.6 is 0 Å². The Hall–Kier alpha value is -5.60. The maximum absolute atomic E-state index is 14.5. The van der Waals surface area contributed by atoms with Crippen molar-refractivity contribution in [2.24, 2.45) is 0 Å². The second-order valence-electron chi connectivity index (χ2n) is 17.3. The van der Waals surface area contributed by atoms with Crippen molar-refractivity contribution in [3.8, 4) is 40.1 Å². The van der Waals surface area contributed by atoms with E-state index in [-0.39, 0.29) is 22.6 Å². The minimum absolute atomic E-state index is 0.0276. The van der Waals surface area contributed by atoms with E-state index in [9.17, 15) is 81.1 Å². The van der Waals surface area contributed by atoms with E-state index in [1.807, 2.05) is 0 Å². The molecule has 72 heavy (non-hydrogen) atoms. The summed E-state index contributed by atoms with van der Waals surface area (Å²) < 4.78 is 58.0. The molecular weight excluding hydrogens is 968 g/mol. The number of hydrogen-bond donors (Lipinski definition) is 14. The van der Waals surface area contributed by atoms with Crippen molar-refractivity contribution >= 4 is 23.0 Å². The van der Waals surface area contributed by atoms with Gasteiger partial charge in [-0.05, 0) is 55.0 Å². The van der Waals surface area contributed by atoms with Crippen LogP contribution in [0.25, 0.3) is 28.4 Å². The number of fused-ring (bicyclic) bond motifs is 1. The Kier molecular flexibility index (Phi) is 16.0. The number of carbonyl (C=O) groups is 1. The molecule has 19 unspecified atom stereocenters. The summed E-state index contributed by atoms with van der Waals surface area (Å²) in [5.74, 6) is -4.09. The quantitative estimate of drug-likeness (QED) is 0.0464. The molecule has 4 aromatic rings. The normalized spacial score (nSPS) is 36.3. The Morgan fingerprint density at radius 1 is 0.653 bits per heavy atom. The van der Waals surface area contributed by atoms with Gasteiger partial charge in [0.1, 0.15) is 101 Å². The van der Waals surface area contributed by atoms with E-state index >= 15 is 0 Å². The monoisotopic (exact) mass is 1020 g/mol. The Morgan fingerprint density at radius 3 is 2.00 bits per heavy atom. The lowest BCUT2D eigenvalue weighted by molar-refractivity contribution is -0.381. The highest BCUT2D eigenvalue weighted by molar-refractivity contribution is 5.88. The first-order chi connectivity index (χ1) is 34.2. The van der Waals surface area contributed by atoms with Gasteiger partial charge in [-0.1, -0.05) is 12.1 Å². The Bertz CT molecular complexity index is 2590. The van der Waals surface area contributed by atoms with E-state index in [4.69, 9.17) is 47.0 Å². The maximum Gasteiger partial charge on any atom is 0.331 e. The SMILES string of the molecule is CC1OC(OCC2OC(Oc3c(-c4ccc(O)cc4)oc4cc(O)cc(O)c4c3=O)C(OC3OC(O)C(O)C(O)C3O)C(OC(=O)C=Cc3ccc(O)cc3)C2O)C(O)C(OC2OCC(O)C(O)C2O)C1O. The average molecular weight is 1020 g/mol. The van der Waals surface area contributed by atoms with Gasteiger partial charge in [-0.3, -0.25) is 4.79 Å². The van der Waals surface area contributed by atoms with E-state index in [2.05, 4.69) is 0 Å². The van der Waals surface area contributed by atoms with E-state index in [1.165, 1.54) is 61.5 Å². The van der Waals surface area contributed by atoms with Gasteiger partial charge in [-0.2, -0.15) is 0 Å². The van der Waals surface area contributed by atoms with Crippen molar-refractivity contribution in [3.63, 3.8) is 0 Å². The number of rotatable bonds is 13. The van der Waals surface area contributed by atoms with Gasteiger partial charge in [-0.15, -0.1) is 0 Å². The first-order valence-electron chi connectivity index (χ1n) is 22.2. The van der Waals surface area contributed by atoms with Gasteiger partial charge in [0, 0.05) is 23.8 Å². The fourth-order valence-electron chi connectivity index (χ4n) is 8.26. The predicted molar refractivity (Wildman–Crippen MR) is 234 cm³/mol. The molecule has 26 nitrogen and oxygen atoms in total. The van der Waals surface area contributed by atoms with Crippen LogP contribution in [-0.4, -0.2) is 208 Å². The number of aliphatic hydroxyl groups is 10. The molecule has 0 spiro atoms. The molecule has 0 bridgehead atoms. The maximum atomic E-state index is 14.5. The Morgan fingerprint density at radius 2 is 1.31 bits per heavy atom. The molecule has 4 fully saturated rings. The van der Waals surface area contributed by atoms with Crippen LogP contribution in [0.15, 0.2) is 76.0 Å². The highest BCUT2D eigenvalue weighted by atomic mass is 16.8. The second kappa shape index (κ2) is 21.9. The molecule has 8 rings (SSSR count). The van der Waals surface area contributed by atoms with Gasteiger partial charge in [0.25, 0.3) is 0 Å². The van der Waals surface area contributed by atoms with Crippen LogP contribution in [0, 0.1) is 0 Å². The summed E-state index contributed by atoms with van der Waals surface area (Å²) in [6.07, 6.45) is -34.0. The third kappa shape index (κ3) is 11.0. The van der Waals surface area contributed by atoms with E-state index < -0.39 is 170 Å². The van der Waals surface area contributed by atoms with Crippen LogP contribution in [0.3, 0.4) is 0 Å². The van der Waals surface area contributed by atoms with Crippen molar-refractivity contribution in [3.05, 3.63) is 82.5 Å². The number of carbonyl (C=O) groups excluding carboxylic acids is 1. The molecule has 19 atom stereocenters. The van der Waals surface area contributed by atoms with Gasteiger partial charge < -0.3 is 119 Å². The molecule has 26 heteroatoms. The second-order valence-corrected chi connectivity index (χ2v) is 17.3. The zero-order chi connectivity index (χ0) is 51.9. The smallest absolute Gasteiger partial charge is 0.331 e. The third-order valence-electron chi connectivity index (χ3n) is 12.2. The minimum Gasteiger partial charge on any atom is -0.508 e. The van der Waals surface area contributed by atoms with Crippen LogP contribution < -0.4 is 10.2 Å². The summed E-state index contributed by atoms with van der Waals surface area (Å²) in [6.45, 7) is -0.0129. The summed E-state index contributed by atoms with van der Waals surface area (Å²) in [7, 11) is 0. The molecule has 4 saturated heterocycles. The first-order valence-corrected chi connectivity index (χ1v) is 22.2. The van der Waals surface area contributed by atoms with Gasteiger partial charge in [0.15, 0.2) is 43.1 Å². The lowest BCUT2D eigenvalue weighted by Crippen LogP contribution is -2.66. The number of aliphatic hydroxyl groups excluding tert-OH is 10. The standard InChI is InChI=1S/C46H52O26/c1-16-28(53)38(69-43-34(59)29(54)23(51)14-63-43)36(61)44(65-16)64-15-25-30(55)39(68-26(52)11-4-17-2-7-19(47)8-3-17)41(71-45-35(60)32(57)33(58)42(62)72-45)46(67-25)70-40-31(56)27-22(50)12-21(49)13-24(27)66-37(40)18-5-9-20(48)10-6-18/h2-13,16,23,25,28-30,32-36,38-39,41-51,53-55,57-62H,14-15H2,1H3. The van der Waals surface area contributed by atoms with Crippen molar-refractivity contribution in [2.45, 2.75) is 124 Å². The Balaban J connectivity index is 1.18. The number of ether oxygens (including phenoxy) is 9. The molecule has 5 heterocycles. The van der Waals surface area contributed by atoms with Gasteiger partial charge in [0.2, 0.25) is 17.5 Å². The molecule has 4 aliphatic heterocycles. The zero-order valence-electron chi connectivity index (χ0n) is 37.5. The molecule has 0 amide bonds. The topological polar surface area (TPSA) is 414 Å². The highest BCUT2D eigenvalue weighted by Gasteiger charge is 2.55. The molecule has 4 aliphatic rings. The molecule has 1 aromatic heterocycles. The fraction of sp³-hybridized carbons (Fsp3) is 0.478. The molecule has 0 radical (unpaired) electrons. The molecule has 0 aliphatic carbocycles. The molecule has 14 N–H and O–H groups in total. The lowest BCUT2D eigenvalue weighted by Gasteiger charge is -2.47. The average Bonchev–Trinajstić information content (AvgIpc) is 3.34. The van der Waals surface area contributed by atoms with Gasteiger partial charge >= 0.3 is 5.97 Å². The van der Waals surface area contributed by atoms with Crippen LogP contribution in [0.2, 0.25) is 0 Å². The summed E-state index contributed by atoms with van der Waals surface area (Å²) in [5.41, 5.74) is -1.10. The number of aromatic hydroxyl groups is 4. The predicted octanol–water partition coefficient (Wildman–Crippen LogP) is -3.18. The number of esters is 1. The van der Waals surface area contributed by atoms with E-state index in [0.29, 0.717) is 5.56 Å². The highest BCUT2D eigenvalue weighted by Crippen LogP contribution is 2.39. The minimum atomic E-state index is -2.22. The number of phenolic OH excluding ortho intramolecular Hbond substituents is 4. The number of hydrogen-bond acceptors (Lipinski definition) is 26. The summed E-state index contributed by atoms with van der Waals surface area (Å²) in [4.78, 5) is 28.2. The van der Waals surface area contributed by atoms with Crippen LogP contribution in [0.1, 0.15) is 12.5 Å². The van der Waals surface area contributed by atoms with Crippen LogP contribution in [0.4, 0.5) is 0 Å². The number of benzene rings is 3. The number of phenols is 4. The van der Waals surface area contributed by atoms with Crippen molar-refractivity contribution in [2.75, 3.05) is 13.2 Å². The first kappa shape index (κ1) is 52.7. The van der Waals surface area contributed by atoms with Crippen LogP contribution in [-0.2, 0) is 42.7 Å². The molecule has 0 saturated carbocycles. The largest absolute Gasteiger partial charge is 0.508 e. The zero-order valence-corrected chi connectivity index (χ0v) is 37.5. The van der Waals surface area contributed by atoms with Crippen LogP contribution in [0.5, 0.6) is 28.7 Å². The van der Waals surface area contributed by atoms with Crippen molar-refractivity contribution < 1.29 is 123 Å². The van der Waals surface area contributed by atoms with E-state index in [0.717, 1.165) is 18.2 Å². The fourth-order valence-corrected chi connectivity index (χ4v) is 8.26. The van der Waals surface area contributed by atoms with Crippen molar-refractivity contribution in [1.29, 1.82) is 0 Å². The Labute approximate surface area is 405 Å². The van der Waals surface area contributed by atoms with Crippen molar-refractivity contribution in [1.82, 2.24) is 0 Å². The van der Waals surface area contributed by atoms with E-state index in [1.54, 1.807) is 0 Å². The lowest BCUT2D eigenvalue weighted by atomic mass is 9.97. The van der Waals surface area contributed by atoms with Gasteiger partial charge in [0.05, 0.1) is 19.3 Å². The summed E-state index contributed by atoms with van der Waals surface area (Å²) >= 11 is 0. The molecule has 392 valence electrons.